The van der Waals surface area contributed by atoms with E-state index in [1.165, 1.54) is 11.3 Å². The van der Waals surface area contributed by atoms with Gasteiger partial charge in [0.1, 0.15) is 5.69 Å². The Bertz CT molecular complexity index is 758. The average Bonchev–Trinajstić information content (AvgIpc) is 3.17. The summed E-state index contributed by atoms with van der Waals surface area (Å²) in [5.74, 6) is 0. The number of hydrogen-bond acceptors (Lipinski definition) is 5. The van der Waals surface area contributed by atoms with E-state index in [0.29, 0.717) is 18.0 Å². The minimum atomic E-state index is -3.52. The fourth-order valence-electron chi connectivity index (χ4n) is 2.49. The molecule has 0 saturated carbocycles. The molecule has 1 saturated heterocycles. The maximum atomic E-state index is 12.5. The lowest BCUT2D eigenvalue weighted by molar-refractivity contribution is 0.114. The normalized spacial score (nSPS) is 18.9. The topological polar surface area (TPSA) is 84.1 Å². The van der Waals surface area contributed by atoms with E-state index >= 15 is 0 Å². The molecule has 2 aromatic rings. The van der Waals surface area contributed by atoms with Gasteiger partial charge >= 0.3 is 0 Å². The third-order valence-electron chi connectivity index (χ3n) is 3.65. The number of thiophene rings is 1. The van der Waals surface area contributed by atoms with Crippen LogP contribution in [0.1, 0.15) is 23.4 Å². The Morgan fingerprint density at radius 1 is 1.45 bits per heavy atom. The molecule has 1 fully saturated rings. The summed E-state index contributed by atoms with van der Waals surface area (Å²) in [6.45, 7) is 4.77. The maximum absolute atomic E-state index is 12.5. The van der Waals surface area contributed by atoms with Crippen LogP contribution >= 0.6 is 11.3 Å². The van der Waals surface area contributed by atoms with Gasteiger partial charge in [0.05, 0.1) is 15.9 Å². The summed E-state index contributed by atoms with van der Waals surface area (Å²) < 4.78 is 33.0. The highest BCUT2D eigenvalue weighted by molar-refractivity contribution is 7.89. The van der Waals surface area contributed by atoms with Gasteiger partial charge in [0, 0.05) is 23.7 Å². The second-order valence-corrected chi connectivity index (χ2v) is 8.45. The summed E-state index contributed by atoms with van der Waals surface area (Å²) in [5, 5.41) is 7.05. The molecule has 1 aliphatic heterocycles. The highest BCUT2D eigenvalue weighted by Crippen LogP contribution is 2.32. The number of nitrogens with zero attached hydrogens (tertiary/aromatic N) is 1. The molecule has 22 heavy (non-hydrogen) atoms. The van der Waals surface area contributed by atoms with E-state index < -0.39 is 10.0 Å². The van der Waals surface area contributed by atoms with Crippen molar-refractivity contribution in [3.05, 3.63) is 22.7 Å². The minimum Gasteiger partial charge on any atom is -0.377 e. The standard InChI is InChI=1S/C14H19N3O3S2/c1-9-6-12(17-16-9)13-7-14(10(2)21-13)22(18,19)15-8-11-4-3-5-20-11/h6-7,11,15H,3-5,8H2,1-2H3,(H,16,17). The summed E-state index contributed by atoms with van der Waals surface area (Å²) in [5.41, 5.74) is 1.72. The molecule has 1 aliphatic rings. The predicted molar refractivity (Wildman–Crippen MR) is 85.5 cm³/mol. The quantitative estimate of drug-likeness (QED) is 0.873. The Kier molecular flexibility index (Phi) is 4.35. The maximum Gasteiger partial charge on any atom is 0.241 e. The second-order valence-electron chi connectivity index (χ2n) is 5.45. The largest absolute Gasteiger partial charge is 0.377 e. The first-order valence-corrected chi connectivity index (χ1v) is 9.50. The van der Waals surface area contributed by atoms with Crippen molar-refractivity contribution in [2.75, 3.05) is 13.2 Å². The van der Waals surface area contributed by atoms with Crippen molar-refractivity contribution in [2.45, 2.75) is 37.7 Å². The molecule has 0 aromatic carbocycles. The minimum absolute atomic E-state index is 0.0119. The summed E-state index contributed by atoms with van der Waals surface area (Å²) >= 11 is 1.43. The number of sulfonamides is 1. The molecule has 2 aromatic heterocycles. The molecular formula is C14H19N3O3S2. The van der Waals surface area contributed by atoms with Gasteiger partial charge < -0.3 is 4.74 Å². The van der Waals surface area contributed by atoms with Crippen LogP contribution in [0.4, 0.5) is 0 Å². The number of aryl methyl sites for hydroxylation is 2. The molecule has 3 rings (SSSR count). The number of aromatic nitrogens is 2. The van der Waals surface area contributed by atoms with Crippen molar-refractivity contribution < 1.29 is 13.2 Å². The Balaban J connectivity index is 1.79. The molecule has 0 aliphatic carbocycles. The number of hydrogen-bond donors (Lipinski definition) is 2. The lowest BCUT2D eigenvalue weighted by atomic mass is 10.2. The van der Waals surface area contributed by atoms with Crippen LogP contribution in [-0.2, 0) is 14.8 Å². The molecule has 1 unspecified atom stereocenters. The Morgan fingerprint density at radius 3 is 2.91 bits per heavy atom. The van der Waals surface area contributed by atoms with Crippen molar-refractivity contribution in [1.29, 1.82) is 0 Å². The first kappa shape index (κ1) is 15.7. The summed E-state index contributed by atoms with van der Waals surface area (Å²) in [7, 11) is -3.52. The molecule has 6 nitrogen and oxygen atoms in total. The van der Waals surface area contributed by atoms with Gasteiger partial charge in [-0.05, 0) is 38.8 Å². The van der Waals surface area contributed by atoms with Crippen LogP contribution in [-0.4, -0.2) is 37.9 Å². The van der Waals surface area contributed by atoms with Crippen LogP contribution in [0.3, 0.4) is 0 Å². The second kappa shape index (κ2) is 6.11. The van der Waals surface area contributed by atoms with Gasteiger partial charge in [0.15, 0.2) is 0 Å². The number of ether oxygens (including phenoxy) is 1. The van der Waals surface area contributed by atoms with E-state index in [1.54, 1.807) is 6.07 Å². The molecule has 0 bridgehead atoms. The molecule has 0 spiro atoms. The van der Waals surface area contributed by atoms with Crippen LogP contribution in [0, 0.1) is 13.8 Å². The van der Waals surface area contributed by atoms with Crippen molar-refractivity contribution in [1.82, 2.24) is 14.9 Å². The average molecular weight is 341 g/mol. The van der Waals surface area contributed by atoms with Crippen molar-refractivity contribution in [3.8, 4) is 10.6 Å². The number of H-pyrrole nitrogens is 1. The van der Waals surface area contributed by atoms with Crippen molar-refractivity contribution >= 4 is 21.4 Å². The summed E-state index contributed by atoms with van der Waals surface area (Å²) in [6, 6.07) is 3.59. The van der Waals surface area contributed by atoms with E-state index in [-0.39, 0.29) is 6.10 Å². The van der Waals surface area contributed by atoms with Crippen LogP contribution in [0.15, 0.2) is 17.0 Å². The monoisotopic (exact) mass is 341 g/mol. The number of rotatable bonds is 5. The van der Waals surface area contributed by atoms with Gasteiger partial charge in [0.2, 0.25) is 10.0 Å². The zero-order valence-corrected chi connectivity index (χ0v) is 14.2. The van der Waals surface area contributed by atoms with Crippen LogP contribution in [0.5, 0.6) is 0 Å². The summed E-state index contributed by atoms with van der Waals surface area (Å²) in [6.07, 6.45) is 1.89. The molecule has 0 radical (unpaired) electrons. The van der Waals surface area contributed by atoms with Gasteiger partial charge in [0.25, 0.3) is 0 Å². The van der Waals surface area contributed by atoms with E-state index in [0.717, 1.165) is 34.0 Å². The zero-order valence-electron chi connectivity index (χ0n) is 12.5. The van der Waals surface area contributed by atoms with Gasteiger partial charge in [-0.3, -0.25) is 5.10 Å². The van der Waals surface area contributed by atoms with Crippen molar-refractivity contribution in [2.24, 2.45) is 0 Å². The molecule has 3 heterocycles. The summed E-state index contributed by atoms with van der Waals surface area (Å²) in [4.78, 5) is 1.93. The molecule has 0 amide bonds. The molecule has 120 valence electrons. The smallest absolute Gasteiger partial charge is 0.241 e. The lowest BCUT2D eigenvalue weighted by Crippen LogP contribution is -2.31. The fourth-order valence-corrected chi connectivity index (χ4v) is 5.10. The fraction of sp³-hybridized carbons (Fsp3) is 0.500. The third kappa shape index (κ3) is 3.24. The van der Waals surface area contributed by atoms with Gasteiger partial charge in [-0.25, -0.2) is 13.1 Å². The van der Waals surface area contributed by atoms with E-state index in [2.05, 4.69) is 14.9 Å². The highest BCUT2D eigenvalue weighted by atomic mass is 32.2. The first-order chi connectivity index (χ1) is 10.5. The van der Waals surface area contributed by atoms with Crippen LogP contribution in [0.2, 0.25) is 0 Å². The highest BCUT2D eigenvalue weighted by Gasteiger charge is 2.23. The van der Waals surface area contributed by atoms with Crippen LogP contribution < -0.4 is 4.72 Å². The third-order valence-corrected chi connectivity index (χ3v) is 6.40. The SMILES string of the molecule is Cc1cc(-c2cc(S(=O)(=O)NCC3CCCO3)c(C)s2)n[nH]1. The zero-order chi connectivity index (χ0) is 15.7. The van der Waals surface area contributed by atoms with E-state index in [4.69, 9.17) is 4.74 Å². The molecule has 2 N–H and O–H groups in total. The predicted octanol–water partition coefficient (Wildman–Crippen LogP) is 2.21. The Labute approximate surface area is 133 Å². The van der Waals surface area contributed by atoms with E-state index in [9.17, 15) is 8.42 Å². The van der Waals surface area contributed by atoms with Crippen LogP contribution in [0.25, 0.3) is 10.6 Å². The number of nitrogens with one attached hydrogen (secondary N) is 2. The molecule has 8 heteroatoms. The van der Waals surface area contributed by atoms with Gasteiger partial charge in [-0.1, -0.05) is 0 Å². The van der Waals surface area contributed by atoms with E-state index in [1.807, 2.05) is 19.9 Å². The van der Waals surface area contributed by atoms with Crippen molar-refractivity contribution in [3.63, 3.8) is 0 Å². The molecular weight excluding hydrogens is 322 g/mol. The lowest BCUT2D eigenvalue weighted by Gasteiger charge is -2.11. The van der Waals surface area contributed by atoms with Gasteiger partial charge in [-0.15, -0.1) is 11.3 Å². The molecule has 1 atom stereocenters. The van der Waals surface area contributed by atoms with Gasteiger partial charge in [-0.2, -0.15) is 5.10 Å². The Hall–Kier alpha value is -1.22. The number of aromatic amines is 1. The Morgan fingerprint density at radius 2 is 2.27 bits per heavy atom. The first-order valence-electron chi connectivity index (χ1n) is 7.20.